The Kier molecular flexibility index (Phi) is 4.49. The number of rotatable bonds is 5. The summed E-state index contributed by atoms with van der Waals surface area (Å²) in [5.41, 5.74) is 0.895. The van der Waals surface area contributed by atoms with Gasteiger partial charge in [-0.2, -0.15) is 0 Å². The van der Waals surface area contributed by atoms with Crippen molar-refractivity contribution in [2.75, 3.05) is 6.61 Å². The van der Waals surface area contributed by atoms with Crippen molar-refractivity contribution in [3.8, 4) is 0 Å². The first kappa shape index (κ1) is 11.1. The molecule has 4 heteroatoms. The highest BCUT2D eigenvalue weighted by atomic mass is 16.3. The van der Waals surface area contributed by atoms with E-state index in [0.29, 0.717) is 12.5 Å². The molecule has 0 aliphatic rings. The van der Waals surface area contributed by atoms with Crippen molar-refractivity contribution in [1.29, 1.82) is 0 Å². The first-order valence-electron chi connectivity index (χ1n) is 4.83. The summed E-state index contributed by atoms with van der Waals surface area (Å²) in [4.78, 5) is 8.11. The average Bonchev–Trinajstić information content (AvgIpc) is 2.20. The van der Waals surface area contributed by atoms with Gasteiger partial charge in [0.2, 0.25) is 0 Å². The zero-order valence-corrected chi connectivity index (χ0v) is 8.64. The van der Waals surface area contributed by atoms with E-state index in [-0.39, 0.29) is 12.6 Å². The first-order valence-corrected chi connectivity index (χ1v) is 4.83. The van der Waals surface area contributed by atoms with Crippen molar-refractivity contribution < 1.29 is 5.11 Å². The van der Waals surface area contributed by atoms with Crippen LogP contribution in [0.3, 0.4) is 0 Å². The van der Waals surface area contributed by atoms with Gasteiger partial charge in [0.15, 0.2) is 0 Å². The summed E-state index contributed by atoms with van der Waals surface area (Å²) in [6.45, 7) is 4.95. The molecule has 0 aromatic carbocycles. The second kappa shape index (κ2) is 5.67. The van der Waals surface area contributed by atoms with Gasteiger partial charge in [-0.1, -0.05) is 13.8 Å². The van der Waals surface area contributed by atoms with Crippen molar-refractivity contribution in [2.24, 2.45) is 5.92 Å². The highest BCUT2D eigenvalue weighted by Crippen LogP contribution is 2.01. The van der Waals surface area contributed by atoms with Gasteiger partial charge in [0.1, 0.15) is 0 Å². The monoisotopic (exact) mass is 195 g/mol. The van der Waals surface area contributed by atoms with E-state index in [4.69, 9.17) is 5.11 Å². The molecule has 0 spiro atoms. The zero-order chi connectivity index (χ0) is 10.4. The zero-order valence-electron chi connectivity index (χ0n) is 8.64. The Hall–Kier alpha value is -1.00. The lowest BCUT2D eigenvalue weighted by molar-refractivity contribution is 0.209. The van der Waals surface area contributed by atoms with Crippen molar-refractivity contribution >= 4 is 0 Å². The highest BCUT2D eigenvalue weighted by Gasteiger charge is 2.10. The van der Waals surface area contributed by atoms with Gasteiger partial charge in [0.25, 0.3) is 0 Å². The van der Waals surface area contributed by atoms with Crippen LogP contribution in [-0.2, 0) is 6.54 Å². The van der Waals surface area contributed by atoms with Crippen molar-refractivity contribution in [1.82, 2.24) is 15.3 Å². The molecule has 0 fully saturated rings. The molecular formula is C10H17N3O. The number of aliphatic hydroxyl groups excluding tert-OH is 1. The lowest BCUT2D eigenvalue weighted by atomic mass is 10.1. The van der Waals surface area contributed by atoms with E-state index in [0.717, 1.165) is 5.69 Å². The van der Waals surface area contributed by atoms with E-state index < -0.39 is 0 Å². The maximum Gasteiger partial charge on any atom is 0.0724 e. The minimum absolute atomic E-state index is 0.122. The summed E-state index contributed by atoms with van der Waals surface area (Å²) < 4.78 is 0. The number of nitrogens with one attached hydrogen (secondary N) is 1. The van der Waals surface area contributed by atoms with Crippen LogP contribution in [0.1, 0.15) is 19.5 Å². The molecule has 1 rings (SSSR count). The van der Waals surface area contributed by atoms with Gasteiger partial charge < -0.3 is 10.4 Å². The molecule has 78 valence electrons. The largest absolute Gasteiger partial charge is 0.395 e. The molecule has 2 N–H and O–H groups in total. The molecule has 0 saturated carbocycles. The Morgan fingerprint density at radius 2 is 2.21 bits per heavy atom. The minimum Gasteiger partial charge on any atom is -0.395 e. The van der Waals surface area contributed by atoms with Crippen LogP contribution < -0.4 is 5.32 Å². The van der Waals surface area contributed by atoms with Gasteiger partial charge in [0.05, 0.1) is 12.3 Å². The summed E-state index contributed by atoms with van der Waals surface area (Å²) in [5, 5.41) is 12.3. The fourth-order valence-corrected chi connectivity index (χ4v) is 1.17. The van der Waals surface area contributed by atoms with E-state index in [1.165, 1.54) is 0 Å². The number of aromatic nitrogens is 2. The van der Waals surface area contributed by atoms with Crippen molar-refractivity contribution in [2.45, 2.75) is 26.4 Å². The van der Waals surface area contributed by atoms with Crippen LogP contribution in [0.15, 0.2) is 18.6 Å². The third-order valence-electron chi connectivity index (χ3n) is 2.16. The molecule has 0 saturated heterocycles. The number of hydrogen-bond acceptors (Lipinski definition) is 4. The average molecular weight is 195 g/mol. The second-order valence-electron chi connectivity index (χ2n) is 3.61. The third kappa shape index (κ3) is 3.40. The van der Waals surface area contributed by atoms with Crippen molar-refractivity contribution in [3.05, 3.63) is 24.3 Å². The molecule has 1 aromatic heterocycles. The summed E-state index contributed by atoms with van der Waals surface area (Å²) in [6.07, 6.45) is 5.04. The molecule has 1 atom stereocenters. The maximum atomic E-state index is 9.08. The Morgan fingerprint density at radius 3 is 2.71 bits per heavy atom. The fraction of sp³-hybridized carbons (Fsp3) is 0.600. The second-order valence-corrected chi connectivity index (χ2v) is 3.61. The van der Waals surface area contributed by atoms with Crippen molar-refractivity contribution in [3.63, 3.8) is 0 Å². The molecule has 0 aliphatic carbocycles. The Labute approximate surface area is 84.4 Å². The van der Waals surface area contributed by atoms with Gasteiger partial charge in [-0.05, 0) is 5.92 Å². The smallest absolute Gasteiger partial charge is 0.0724 e. The van der Waals surface area contributed by atoms with Gasteiger partial charge in [-0.3, -0.25) is 9.97 Å². The van der Waals surface area contributed by atoms with E-state index in [1.54, 1.807) is 18.6 Å². The lowest BCUT2D eigenvalue weighted by Gasteiger charge is -2.19. The first-order chi connectivity index (χ1) is 6.74. The van der Waals surface area contributed by atoms with Crippen LogP contribution in [-0.4, -0.2) is 27.7 Å². The minimum atomic E-state index is 0.122. The molecule has 14 heavy (non-hydrogen) atoms. The van der Waals surface area contributed by atoms with Gasteiger partial charge in [-0.25, -0.2) is 0 Å². The third-order valence-corrected chi connectivity index (χ3v) is 2.16. The van der Waals surface area contributed by atoms with E-state index >= 15 is 0 Å². The van der Waals surface area contributed by atoms with E-state index in [9.17, 15) is 0 Å². The Balaban J connectivity index is 2.40. The topological polar surface area (TPSA) is 58.0 Å². The predicted octanol–water partition coefficient (Wildman–Crippen LogP) is 0.583. The molecule has 1 heterocycles. The molecule has 0 aliphatic heterocycles. The van der Waals surface area contributed by atoms with Gasteiger partial charge in [-0.15, -0.1) is 0 Å². The molecule has 4 nitrogen and oxygen atoms in total. The molecular weight excluding hydrogens is 178 g/mol. The lowest BCUT2D eigenvalue weighted by Crippen LogP contribution is -2.36. The molecule has 1 unspecified atom stereocenters. The Morgan fingerprint density at radius 1 is 1.43 bits per heavy atom. The van der Waals surface area contributed by atoms with Crippen LogP contribution in [0.5, 0.6) is 0 Å². The Bertz CT molecular complexity index is 251. The van der Waals surface area contributed by atoms with E-state index in [2.05, 4.69) is 29.1 Å². The SMILES string of the molecule is CC(C)C(CO)NCc1cnccn1. The normalized spacial score (nSPS) is 13.1. The number of nitrogens with zero attached hydrogens (tertiary/aromatic N) is 2. The van der Waals surface area contributed by atoms with Crippen LogP contribution >= 0.6 is 0 Å². The van der Waals surface area contributed by atoms with Crippen LogP contribution in [0.25, 0.3) is 0 Å². The quantitative estimate of drug-likeness (QED) is 0.721. The summed E-state index contributed by atoms with van der Waals surface area (Å²) in [7, 11) is 0. The van der Waals surface area contributed by atoms with Crippen LogP contribution in [0.2, 0.25) is 0 Å². The highest BCUT2D eigenvalue weighted by molar-refractivity contribution is 4.94. The maximum absolute atomic E-state index is 9.08. The fourth-order valence-electron chi connectivity index (χ4n) is 1.17. The van der Waals surface area contributed by atoms with E-state index in [1.807, 2.05) is 0 Å². The summed E-state index contributed by atoms with van der Waals surface area (Å²) >= 11 is 0. The standard InChI is InChI=1S/C10H17N3O/c1-8(2)10(7-14)13-6-9-5-11-3-4-12-9/h3-5,8,10,13-14H,6-7H2,1-2H3. The summed E-state index contributed by atoms with van der Waals surface area (Å²) in [6, 6.07) is 0.122. The number of aliphatic hydroxyl groups is 1. The summed E-state index contributed by atoms with van der Waals surface area (Å²) in [5.74, 6) is 0.414. The van der Waals surface area contributed by atoms with Gasteiger partial charge >= 0.3 is 0 Å². The number of hydrogen-bond donors (Lipinski definition) is 2. The predicted molar refractivity (Wildman–Crippen MR) is 54.6 cm³/mol. The molecule has 0 amide bonds. The molecule has 1 aromatic rings. The van der Waals surface area contributed by atoms with Crippen LogP contribution in [0, 0.1) is 5.92 Å². The van der Waals surface area contributed by atoms with Crippen LogP contribution in [0.4, 0.5) is 0 Å². The molecule has 0 bridgehead atoms. The molecule has 0 radical (unpaired) electrons. The van der Waals surface area contributed by atoms with Gasteiger partial charge in [0, 0.05) is 31.2 Å².